The third kappa shape index (κ3) is 1.48. The topological polar surface area (TPSA) is 72.3 Å². The first-order chi connectivity index (χ1) is 7.74. The highest BCUT2D eigenvalue weighted by Gasteiger charge is 2.42. The van der Waals surface area contributed by atoms with Crippen molar-refractivity contribution in [1.29, 1.82) is 0 Å². The molecule has 1 aromatic heterocycles. The number of hydrogen-bond donors (Lipinski definition) is 1. The number of aromatic carboxylic acids is 1. The Labute approximate surface area is 92.5 Å². The Morgan fingerprint density at radius 1 is 1.50 bits per heavy atom. The summed E-state index contributed by atoms with van der Waals surface area (Å²) in [5.74, 6) is -0.210. The number of rotatable bonds is 2. The summed E-state index contributed by atoms with van der Waals surface area (Å²) in [5.41, 5.74) is 0.0628. The number of carboxylic acid groups (broad SMARTS) is 1. The molecule has 3 rings (SSSR count). The second-order valence-corrected chi connectivity index (χ2v) is 4.32. The van der Waals surface area contributed by atoms with Gasteiger partial charge >= 0.3 is 5.97 Å². The number of hydrogen-bond acceptors (Lipinski definition) is 4. The Balaban J connectivity index is 1.89. The average molecular weight is 220 g/mol. The molecule has 0 spiro atoms. The monoisotopic (exact) mass is 220 g/mol. The van der Waals surface area contributed by atoms with Crippen molar-refractivity contribution in [3.63, 3.8) is 0 Å². The molecule has 3 atom stereocenters. The number of nitrogens with zero attached hydrogens (tertiary/aromatic N) is 2. The SMILES string of the molecule is O=C(O)c1ccnc(C2CC3CCC2O3)n1. The molecule has 0 saturated carbocycles. The highest BCUT2D eigenvalue weighted by Crippen LogP contribution is 2.43. The van der Waals surface area contributed by atoms with Gasteiger partial charge in [-0.3, -0.25) is 0 Å². The van der Waals surface area contributed by atoms with Gasteiger partial charge in [-0.1, -0.05) is 0 Å². The highest BCUT2D eigenvalue weighted by molar-refractivity contribution is 5.85. The van der Waals surface area contributed by atoms with Crippen molar-refractivity contribution in [3.8, 4) is 0 Å². The van der Waals surface area contributed by atoms with Gasteiger partial charge in [0.25, 0.3) is 0 Å². The maximum Gasteiger partial charge on any atom is 0.354 e. The van der Waals surface area contributed by atoms with E-state index in [1.165, 1.54) is 12.3 Å². The smallest absolute Gasteiger partial charge is 0.354 e. The van der Waals surface area contributed by atoms with Crippen LogP contribution < -0.4 is 0 Å². The molecule has 5 nitrogen and oxygen atoms in total. The molecule has 3 unspecified atom stereocenters. The van der Waals surface area contributed by atoms with E-state index >= 15 is 0 Å². The lowest BCUT2D eigenvalue weighted by Gasteiger charge is -2.16. The fourth-order valence-corrected chi connectivity index (χ4v) is 2.58. The first-order valence-electron chi connectivity index (χ1n) is 5.46. The van der Waals surface area contributed by atoms with E-state index < -0.39 is 5.97 Å². The number of aromatic nitrogens is 2. The van der Waals surface area contributed by atoms with Gasteiger partial charge in [0.1, 0.15) is 5.82 Å². The van der Waals surface area contributed by atoms with E-state index in [4.69, 9.17) is 9.84 Å². The third-order valence-corrected chi connectivity index (χ3v) is 3.33. The summed E-state index contributed by atoms with van der Waals surface area (Å²) in [6.45, 7) is 0. The average Bonchev–Trinajstić information content (AvgIpc) is 2.91. The lowest BCUT2D eigenvalue weighted by molar-refractivity contribution is 0.0689. The van der Waals surface area contributed by atoms with Gasteiger partial charge in [-0.15, -0.1) is 0 Å². The van der Waals surface area contributed by atoms with E-state index in [0.29, 0.717) is 11.9 Å². The summed E-state index contributed by atoms with van der Waals surface area (Å²) in [7, 11) is 0. The van der Waals surface area contributed by atoms with Crippen LogP contribution in [0.1, 0.15) is 41.5 Å². The van der Waals surface area contributed by atoms with Crippen molar-refractivity contribution < 1.29 is 14.6 Å². The molecule has 0 radical (unpaired) electrons. The molecule has 2 aliphatic heterocycles. The zero-order valence-electron chi connectivity index (χ0n) is 8.67. The summed E-state index contributed by atoms with van der Waals surface area (Å²) in [4.78, 5) is 19.1. The van der Waals surface area contributed by atoms with E-state index in [1.54, 1.807) is 0 Å². The third-order valence-electron chi connectivity index (χ3n) is 3.33. The molecule has 3 heterocycles. The number of carboxylic acids is 1. The van der Waals surface area contributed by atoms with Crippen LogP contribution in [0, 0.1) is 0 Å². The molecule has 0 aromatic carbocycles. The van der Waals surface area contributed by atoms with Gasteiger partial charge in [0.2, 0.25) is 0 Å². The fourth-order valence-electron chi connectivity index (χ4n) is 2.58. The maximum absolute atomic E-state index is 10.8. The largest absolute Gasteiger partial charge is 0.477 e. The van der Waals surface area contributed by atoms with E-state index in [-0.39, 0.29) is 17.7 Å². The van der Waals surface area contributed by atoms with Crippen molar-refractivity contribution in [2.75, 3.05) is 0 Å². The predicted molar refractivity (Wildman–Crippen MR) is 54.2 cm³/mol. The minimum Gasteiger partial charge on any atom is -0.477 e. The first kappa shape index (κ1) is 9.72. The van der Waals surface area contributed by atoms with Crippen molar-refractivity contribution in [3.05, 3.63) is 23.8 Å². The van der Waals surface area contributed by atoms with Crippen LogP contribution in [0.3, 0.4) is 0 Å². The summed E-state index contributed by atoms with van der Waals surface area (Å²) in [6, 6.07) is 1.42. The van der Waals surface area contributed by atoms with Crippen molar-refractivity contribution >= 4 is 5.97 Å². The van der Waals surface area contributed by atoms with Crippen molar-refractivity contribution in [1.82, 2.24) is 9.97 Å². The lowest BCUT2D eigenvalue weighted by Crippen LogP contribution is -2.18. The minimum absolute atomic E-state index is 0.0628. The minimum atomic E-state index is -1.01. The van der Waals surface area contributed by atoms with E-state index in [2.05, 4.69) is 9.97 Å². The molecule has 1 aromatic rings. The zero-order valence-corrected chi connectivity index (χ0v) is 8.67. The summed E-state index contributed by atoms with van der Waals surface area (Å²) >= 11 is 0. The van der Waals surface area contributed by atoms with Gasteiger partial charge in [-0.2, -0.15) is 0 Å². The number of fused-ring (bicyclic) bond motifs is 2. The Morgan fingerprint density at radius 2 is 2.38 bits per heavy atom. The molecule has 0 aliphatic carbocycles. The molecule has 2 saturated heterocycles. The predicted octanol–water partition coefficient (Wildman–Crippen LogP) is 1.21. The van der Waals surface area contributed by atoms with Gasteiger partial charge < -0.3 is 9.84 Å². The molecule has 2 bridgehead atoms. The molecular weight excluding hydrogens is 208 g/mol. The first-order valence-corrected chi connectivity index (χ1v) is 5.46. The quantitative estimate of drug-likeness (QED) is 0.811. The summed E-state index contributed by atoms with van der Waals surface area (Å²) in [6.07, 6.45) is 5.10. The second-order valence-electron chi connectivity index (χ2n) is 4.32. The number of ether oxygens (including phenoxy) is 1. The fraction of sp³-hybridized carbons (Fsp3) is 0.545. The molecular formula is C11H12N2O3. The van der Waals surface area contributed by atoms with Gasteiger partial charge in [-0.05, 0) is 25.3 Å². The van der Waals surface area contributed by atoms with E-state index in [9.17, 15) is 4.79 Å². The van der Waals surface area contributed by atoms with Gasteiger partial charge in [0, 0.05) is 12.1 Å². The molecule has 0 amide bonds. The van der Waals surface area contributed by atoms with Crippen LogP contribution in [-0.4, -0.2) is 33.3 Å². The zero-order chi connectivity index (χ0) is 11.1. The van der Waals surface area contributed by atoms with Crippen LogP contribution >= 0.6 is 0 Å². The molecule has 84 valence electrons. The van der Waals surface area contributed by atoms with Crippen LogP contribution in [0.25, 0.3) is 0 Å². The Hall–Kier alpha value is -1.49. The standard InChI is InChI=1S/C11H12N2O3/c14-11(15)8-3-4-12-10(13-8)7-5-6-1-2-9(7)16-6/h3-4,6-7,9H,1-2,5H2,(H,14,15). The van der Waals surface area contributed by atoms with Crippen LogP contribution in [-0.2, 0) is 4.74 Å². The van der Waals surface area contributed by atoms with E-state index in [0.717, 1.165) is 19.3 Å². The Morgan fingerprint density at radius 3 is 3.00 bits per heavy atom. The number of carbonyl (C=O) groups is 1. The normalized spacial score (nSPS) is 31.9. The lowest BCUT2D eigenvalue weighted by atomic mass is 9.88. The summed E-state index contributed by atoms with van der Waals surface area (Å²) < 4.78 is 5.71. The molecule has 2 aliphatic rings. The maximum atomic E-state index is 10.8. The molecule has 1 N–H and O–H groups in total. The second kappa shape index (κ2) is 3.52. The van der Waals surface area contributed by atoms with Gasteiger partial charge in [0.05, 0.1) is 12.2 Å². The van der Waals surface area contributed by atoms with E-state index in [1.807, 2.05) is 0 Å². The Kier molecular flexibility index (Phi) is 2.14. The van der Waals surface area contributed by atoms with Crippen molar-refractivity contribution in [2.45, 2.75) is 37.4 Å². The van der Waals surface area contributed by atoms with Gasteiger partial charge in [-0.25, -0.2) is 14.8 Å². The van der Waals surface area contributed by atoms with Crippen LogP contribution in [0.5, 0.6) is 0 Å². The molecule has 16 heavy (non-hydrogen) atoms. The molecule has 2 fully saturated rings. The van der Waals surface area contributed by atoms with Crippen LogP contribution in [0.2, 0.25) is 0 Å². The highest BCUT2D eigenvalue weighted by atomic mass is 16.5. The van der Waals surface area contributed by atoms with Crippen LogP contribution in [0.4, 0.5) is 0 Å². The molecule has 5 heteroatoms. The summed E-state index contributed by atoms with van der Waals surface area (Å²) in [5, 5.41) is 8.86. The van der Waals surface area contributed by atoms with Crippen molar-refractivity contribution in [2.24, 2.45) is 0 Å². The van der Waals surface area contributed by atoms with Crippen LogP contribution in [0.15, 0.2) is 12.3 Å². The Bertz CT molecular complexity index is 435. The van der Waals surface area contributed by atoms with Gasteiger partial charge in [0.15, 0.2) is 5.69 Å².